The van der Waals surface area contributed by atoms with Crippen LogP contribution in [0.4, 0.5) is 4.39 Å². The van der Waals surface area contributed by atoms with E-state index in [0.29, 0.717) is 12.0 Å². The van der Waals surface area contributed by atoms with E-state index in [0.717, 1.165) is 0 Å². The van der Waals surface area contributed by atoms with Crippen LogP contribution in [0.25, 0.3) is 0 Å². The van der Waals surface area contributed by atoms with Gasteiger partial charge in [0.15, 0.2) is 23.7 Å². The fourth-order valence-electron chi connectivity index (χ4n) is 7.47. The molecule has 8 heteroatoms. The molecule has 0 aromatic rings. The minimum Gasteiger partial charge on any atom is -0.457 e. The number of alkyl halides is 1. The molecule has 4 aliphatic rings. The van der Waals surface area contributed by atoms with Crippen LogP contribution in [-0.4, -0.2) is 52.6 Å². The van der Waals surface area contributed by atoms with E-state index in [2.05, 4.69) is 0 Å². The average molecular weight is 503 g/mol. The number of esters is 2. The summed E-state index contributed by atoms with van der Waals surface area (Å²) in [5.74, 6) is -3.71. The van der Waals surface area contributed by atoms with Crippen LogP contribution in [-0.2, 0) is 28.7 Å². The van der Waals surface area contributed by atoms with Gasteiger partial charge in [0.1, 0.15) is 0 Å². The predicted molar refractivity (Wildman–Crippen MR) is 128 cm³/mol. The van der Waals surface area contributed by atoms with Crippen LogP contribution in [0.15, 0.2) is 36.0 Å². The Morgan fingerprint density at radius 1 is 1.14 bits per heavy atom. The summed E-state index contributed by atoms with van der Waals surface area (Å²) in [6.07, 6.45) is 6.51. The van der Waals surface area contributed by atoms with Gasteiger partial charge in [-0.3, -0.25) is 19.2 Å². The number of hydrogen-bond donors (Lipinski definition) is 1. The number of Topliss-reactive ketones (excluding diaryl/α,β-unsaturated/α-hetero) is 1. The summed E-state index contributed by atoms with van der Waals surface area (Å²) in [5.41, 5.74) is -5.70. The average Bonchev–Trinajstić information content (AvgIpc) is 3.05. The molecule has 7 nitrogen and oxygen atoms in total. The van der Waals surface area contributed by atoms with E-state index >= 15 is 4.39 Å². The van der Waals surface area contributed by atoms with Gasteiger partial charge in [-0.1, -0.05) is 45.9 Å². The van der Waals surface area contributed by atoms with Crippen LogP contribution in [0.5, 0.6) is 0 Å². The Morgan fingerprint density at radius 2 is 1.81 bits per heavy atom. The molecule has 2 fully saturated rings. The van der Waals surface area contributed by atoms with E-state index < -0.39 is 70.3 Å². The van der Waals surface area contributed by atoms with Crippen molar-refractivity contribution in [3.05, 3.63) is 36.0 Å². The first-order valence-electron chi connectivity index (χ1n) is 12.7. The second-order valence-electron chi connectivity index (χ2n) is 11.1. The maximum atomic E-state index is 17.3. The minimum atomic E-state index is -2.14. The minimum absolute atomic E-state index is 0.0290. The van der Waals surface area contributed by atoms with Crippen LogP contribution in [0.3, 0.4) is 0 Å². The van der Waals surface area contributed by atoms with Crippen molar-refractivity contribution in [2.45, 2.75) is 77.7 Å². The topological polar surface area (TPSA) is 107 Å². The lowest BCUT2D eigenvalue weighted by molar-refractivity contribution is -0.218. The summed E-state index contributed by atoms with van der Waals surface area (Å²) in [6.45, 7) is 7.91. The number of ketones is 2. The smallest absolute Gasteiger partial charge is 0.306 e. The molecule has 2 saturated carbocycles. The highest BCUT2D eigenvalue weighted by atomic mass is 19.1. The van der Waals surface area contributed by atoms with E-state index in [1.165, 1.54) is 18.2 Å². The molecule has 0 aromatic heterocycles. The molecule has 1 N–H and O–H groups in total. The van der Waals surface area contributed by atoms with Crippen molar-refractivity contribution >= 4 is 23.5 Å². The molecule has 0 unspecified atom stereocenters. The Morgan fingerprint density at radius 3 is 2.44 bits per heavy atom. The second-order valence-corrected chi connectivity index (χ2v) is 11.1. The number of carbonyl (C=O) groups is 4. The first-order chi connectivity index (χ1) is 16.8. The molecule has 0 amide bonds. The van der Waals surface area contributed by atoms with E-state index in [4.69, 9.17) is 9.47 Å². The molecule has 0 spiro atoms. The zero-order chi connectivity index (χ0) is 26.7. The third-order valence-corrected chi connectivity index (χ3v) is 9.38. The molecule has 0 radical (unpaired) electrons. The van der Waals surface area contributed by atoms with Crippen molar-refractivity contribution in [3.63, 3.8) is 0 Å². The summed E-state index contributed by atoms with van der Waals surface area (Å²) >= 11 is 0. The van der Waals surface area contributed by atoms with Gasteiger partial charge in [0, 0.05) is 35.5 Å². The molecule has 0 saturated heterocycles. The van der Waals surface area contributed by atoms with E-state index in [-0.39, 0.29) is 25.0 Å². The Bertz CT molecular complexity index is 1090. The molecular formula is C28H35FO7. The van der Waals surface area contributed by atoms with E-state index in [1.54, 1.807) is 46.8 Å². The molecule has 4 rings (SSSR count). The first-order valence-corrected chi connectivity index (χ1v) is 12.7. The molecule has 36 heavy (non-hydrogen) atoms. The summed E-state index contributed by atoms with van der Waals surface area (Å²) < 4.78 is 28.4. The molecule has 4 aliphatic carbocycles. The van der Waals surface area contributed by atoms with Gasteiger partial charge in [-0.05, 0) is 43.4 Å². The van der Waals surface area contributed by atoms with Gasteiger partial charge in [-0.25, -0.2) is 4.39 Å². The number of aliphatic hydroxyl groups excluding tert-OH is 1. The Hall–Kier alpha value is -2.61. The van der Waals surface area contributed by atoms with Gasteiger partial charge in [0.2, 0.25) is 5.78 Å². The Labute approximate surface area is 210 Å². The largest absolute Gasteiger partial charge is 0.457 e. The standard InChI is InChI=1S/C28H35FO7/c1-6-23(33)35-15-22(32)28(36-24(34)7-2)16(3)12-20-19-9-8-17-13-18(30)10-11-25(17,4)27(19,29)21(31)14-26(20,28)5/h8-11,13,16,19-21,31H,6-7,12,14-15H2,1-5H3/t16-,19+,20+,21+,25+,26+,27+,28-/m1/s1. The molecule has 0 bridgehead atoms. The monoisotopic (exact) mass is 502 g/mol. The summed E-state index contributed by atoms with van der Waals surface area (Å²) in [7, 11) is 0. The van der Waals surface area contributed by atoms with Crippen LogP contribution in [0.1, 0.15) is 60.3 Å². The van der Waals surface area contributed by atoms with Crippen molar-refractivity contribution in [2.75, 3.05) is 6.61 Å². The number of allylic oxidation sites excluding steroid dienone is 6. The summed E-state index contributed by atoms with van der Waals surface area (Å²) in [6, 6.07) is 0. The van der Waals surface area contributed by atoms with Gasteiger partial charge in [0.25, 0.3) is 0 Å². The fraction of sp³-hybridized carbons (Fsp3) is 0.643. The van der Waals surface area contributed by atoms with Crippen molar-refractivity contribution in [1.29, 1.82) is 0 Å². The van der Waals surface area contributed by atoms with Gasteiger partial charge in [0.05, 0.1) is 6.10 Å². The van der Waals surface area contributed by atoms with Crippen LogP contribution in [0, 0.1) is 28.6 Å². The van der Waals surface area contributed by atoms with Crippen molar-refractivity contribution < 1.29 is 38.1 Å². The highest BCUT2D eigenvalue weighted by molar-refractivity contribution is 6.01. The lowest BCUT2D eigenvalue weighted by atomic mass is 9.46. The fourth-order valence-corrected chi connectivity index (χ4v) is 7.47. The van der Waals surface area contributed by atoms with Gasteiger partial charge < -0.3 is 14.6 Å². The number of hydrogen-bond acceptors (Lipinski definition) is 7. The lowest BCUT2D eigenvalue weighted by Gasteiger charge is -2.61. The maximum absolute atomic E-state index is 17.3. The van der Waals surface area contributed by atoms with Gasteiger partial charge >= 0.3 is 11.9 Å². The van der Waals surface area contributed by atoms with E-state index in [1.807, 2.05) is 0 Å². The third kappa shape index (κ3) is 3.32. The van der Waals surface area contributed by atoms with Gasteiger partial charge in [-0.15, -0.1) is 0 Å². The third-order valence-electron chi connectivity index (χ3n) is 9.38. The Kier molecular flexibility index (Phi) is 6.43. The van der Waals surface area contributed by atoms with Crippen LogP contribution in [0.2, 0.25) is 0 Å². The molecule has 8 atom stereocenters. The summed E-state index contributed by atoms with van der Waals surface area (Å²) in [4.78, 5) is 50.2. The number of carbonyl (C=O) groups excluding carboxylic acids is 4. The quantitative estimate of drug-likeness (QED) is 0.553. The molecule has 0 aliphatic heterocycles. The Balaban J connectivity index is 1.83. The SMILES string of the molecule is CCC(=O)OCC(=O)[C@]1(OC(=O)CC)[C@H](C)C[C@H]2[C@@H]3C=CC4=CC(=O)C=C[C@]4(C)[C@@]3(F)[C@@H](O)C[C@@]21C. The lowest BCUT2D eigenvalue weighted by Crippen LogP contribution is -2.69. The maximum Gasteiger partial charge on any atom is 0.306 e. The zero-order valence-electron chi connectivity index (χ0n) is 21.5. The molecule has 196 valence electrons. The number of aliphatic hydroxyl groups is 1. The van der Waals surface area contributed by atoms with Crippen LogP contribution < -0.4 is 0 Å². The highest BCUT2D eigenvalue weighted by Crippen LogP contribution is 2.70. The number of halogens is 1. The van der Waals surface area contributed by atoms with Gasteiger partial charge in [-0.2, -0.15) is 0 Å². The van der Waals surface area contributed by atoms with Crippen molar-refractivity contribution in [1.82, 2.24) is 0 Å². The molecule has 0 aromatic carbocycles. The predicted octanol–water partition coefficient (Wildman–Crippen LogP) is 3.59. The summed E-state index contributed by atoms with van der Waals surface area (Å²) in [5, 5.41) is 11.5. The number of fused-ring (bicyclic) bond motifs is 5. The normalized spacial score (nSPS) is 42.6. The van der Waals surface area contributed by atoms with Crippen molar-refractivity contribution in [3.8, 4) is 0 Å². The molecular weight excluding hydrogens is 467 g/mol. The number of rotatable bonds is 6. The number of ether oxygens (including phenoxy) is 2. The van der Waals surface area contributed by atoms with Crippen molar-refractivity contribution in [2.24, 2.45) is 28.6 Å². The zero-order valence-corrected chi connectivity index (χ0v) is 21.5. The second kappa shape index (κ2) is 8.75. The first kappa shape index (κ1) is 26.5. The highest BCUT2D eigenvalue weighted by Gasteiger charge is 2.76. The molecule has 0 heterocycles. The van der Waals surface area contributed by atoms with E-state index in [9.17, 15) is 24.3 Å². The van der Waals surface area contributed by atoms with Crippen LogP contribution >= 0.6 is 0 Å².